The van der Waals surface area contributed by atoms with Gasteiger partial charge >= 0.3 is 5.82 Å². The SMILES string of the molecule is O=[N+]([O-])c1c[c]on1. The van der Waals surface area contributed by atoms with Crippen LogP contribution in [-0.4, -0.2) is 10.1 Å². The zero-order valence-electron chi connectivity index (χ0n) is 3.70. The lowest BCUT2D eigenvalue weighted by atomic mass is 10.7. The van der Waals surface area contributed by atoms with Gasteiger partial charge in [0.1, 0.15) is 0 Å². The van der Waals surface area contributed by atoms with E-state index in [1.807, 2.05) is 0 Å². The molecule has 0 amide bonds. The van der Waals surface area contributed by atoms with Crippen LogP contribution in [0.15, 0.2) is 10.6 Å². The van der Waals surface area contributed by atoms with Crippen molar-refractivity contribution in [3.8, 4) is 0 Å². The van der Waals surface area contributed by atoms with Crippen LogP contribution >= 0.6 is 0 Å². The Labute approximate surface area is 44.0 Å². The van der Waals surface area contributed by atoms with E-state index in [9.17, 15) is 10.1 Å². The minimum absolute atomic E-state index is 0.315. The van der Waals surface area contributed by atoms with Crippen LogP contribution in [-0.2, 0) is 0 Å². The van der Waals surface area contributed by atoms with E-state index in [1.54, 1.807) is 0 Å². The van der Waals surface area contributed by atoms with Gasteiger partial charge in [-0.25, -0.2) is 0 Å². The molecule has 0 aliphatic rings. The smallest absolute Gasteiger partial charge is 0.358 e. The maximum Gasteiger partial charge on any atom is 0.414 e. The standard InChI is InChI=1S/C3HN2O3/c6-5(7)3-1-2-8-4-3/h1H. The number of nitrogens with zero attached hydrogens (tertiary/aromatic N) is 2. The normalized spacial score (nSPS) is 9.00. The van der Waals surface area contributed by atoms with Crippen molar-refractivity contribution in [2.24, 2.45) is 0 Å². The summed E-state index contributed by atoms with van der Waals surface area (Å²) in [5, 5.41) is 12.7. The lowest BCUT2D eigenvalue weighted by Crippen LogP contribution is -1.85. The first-order chi connectivity index (χ1) is 3.80. The van der Waals surface area contributed by atoms with Crippen LogP contribution in [0.5, 0.6) is 0 Å². The molecule has 0 fully saturated rings. The predicted molar refractivity (Wildman–Crippen MR) is 22.0 cm³/mol. The maximum absolute atomic E-state index is 9.73. The van der Waals surface area contributed by atoms with Crippen molar-refractivity contribution in [3.63, 3.8) is 0 Å². The van der Waals surface area contributed by atoms with E-state index in [0.29, 0.717) is 0 Å². The van der Waals surface area contributed by atoms with Crippen molar-refractivity contribution in [2.45, 2.75) is 0 Å². The summed E-state index contributed by atoms with van der Waals surface area (Å²) in [7, 11) is 0. The van der Waals surface area contributed by atoms with E-state index in [4.69, 9.17) is 0 Å². The molecule has 0 spiro atoms. The van der Waals surface area contributed by atoms with Crippen molar-refractivity contribution in [1.82, 2.24) is 5.16 Å². The third kappa shape index (κ3) is 0.651. The molecular weight excluding hydrogens is 112 g/mol. The summed E-state index contributed by atoms with van der Waals surface area (Å²) in [6.45, 7) is 0. The monoisotopic (exact) mass is 113 g/mol. The highest BCUT2D eigenvalue weighted by Crippen LogP contribution is 2.02. The average molecular weight is 113 g/mol. The second-order valence-electron chi connectivity index (χ2n) is 1.06. The van der Waals surface area contributed by atoms with Crippen molar-refractivity contribution in [1.29, 1.82) is 0 Å². The van der Waals surface area contributed by atoms with Crippen molar-refractivity contribution >= 4 is 5.82 Å². The highest BCUT2D eigenvalue weighted by molar-refractivity contribution is 5.09. The van der Waals surface area contributed by atoms with Gasteiger partial charge in [-0.2, -0.15) is 0 Å². The Bertz CT molecular complexity index is 180. The molecule has 0 aliphatic heterocycles. The summed E-state index contributed by atoms with van der Waals surface area (Å²) in [4.78, 5) is 9.07. The van der Waals surface area contributed by atoms with Crippen molar-refractivity contribution in [3.05, 3.63) is 22.4 Å². The fourth-order valence-electron chi connectivity index (χ4n) is 0.265. The maximum atomic E-state index is 9.73. The molecule has 1 rings (SSSR count). The largest absolute Gasteiger partial charge is 0.414 e. The fraction of sp³-hybridized carbons (Fsp3) is 0. The number of aromatic nitrogens is 1. The van der Waals surface area contributed by atoms with Gasteiger partial charge in [0.2, 0.25) is 6.26 Å². The van der Waals surface area contributed by atoms with Crippen LogP contribution in [0.3, 0.4) is 0 Å². The number of hydrogen-bond acceptors (Lipinski definition) is 4. The third-order valence-electron chi connectivity index (χ3n) is 0.567. The molecule has 5 heteroatoms. The summed E-state index contributed by atoms with van der Waals surface area (Å²) in [5.41, 5.74) is 0. The molecule has 0 saturated heterocycles. The van der Waals surface area contributed by atoms with Crippen LogP contribution in [0.25, 0.3) is 0 Å². The Kier molecular flexibility index (Phi) is 0.957. The van der Waals surface area contributed by atoms with Crippen LogP contribution in [0.4, 0.5) is 5.82 Å². The Morgan fingerprint density at radius 2 is 2.75 bits per heavy atom. The number of rotatable bonds is 1. The Hall–Kier alpha value is -1.39. The van der Waals surface area contributed by atoms with E-state index >= 15 is 0 Å². The Morgan fingerprint density at radius 3 is 3.00 bits per heavy atom. The minimum atomic E-state index is -0.653. The second-order valence-corrected chi connectivity index (χ2v) is 1.06. The quantitative estimate of drug-likeness (QED) is 0.390. The van der Waals surface area contributed by atoms with Crippen molar-refractivity contribution in [2.75, 3.05) is 0 Å². The molecule has 0 bridgehead atoms. The molecule has 1 heterocycles. The van der Waals surface area contributed by atoms with Crippen molar-refractivity contribution < 1.29 is 9.45 Å². The molecule has 0 unspecified atom stereocenters. The molecule has 1 radical (unpaired) electrons. The van der Waals surface area contributed by atoms with Gasteiger partial charge in [0.05, 0.1) is 6.07 Å². The first-order valence-electron chi connectivity index (χ1n) is 1.78. The van der Waals surface area contributed by atoms with Gasteiger partial charge in [-0.1, -0.05) is 0 Å². The topological polar surface area (TPSA) is 69.2 Å². The second kappa shape index (κ2) is 1.61. The molecule has 5 nitrogen and oxygen atoms in total. The molecule has 0 aromatic carbocycles. The van der Waals surface area contributed by atoms with Crippen LogP contribution in [0.1, 0.15) is 0 Å². The minimum Gasteiger partial charge on any atom is -0.358 e. The summed E-state index contributed by atoms with van der Waals surface area (Å²) in [6.07, 6.45) is 2.08. The first-order valence-corrected chi connectivity index (χ1v) is 1.78. The summed E-state index contributed by atoms with van der Waals surface area (Å²) >= 11 is 0. The van der Waals surface area contributed by atoms with Crippen LogP contribution in [0, 0.1) is 16.4 Å². The molecule has 8 heavy (non-hydrogen) atoms. The molecular formula is C3HN2O3. The van der Waals surface area contributed by atoms with E-state index in [-0.39, 0.29) is 5.82 Å². The van der Waals surface area contributed by atoms with Gasteiger partial charge in [-0.15, -0.1) is 0 Å². The van der Waals surface area contributed by atoms with Gasteiger partial charge in [-0.05, 0) is 4.92 Å². The number of hydrogen-bond donors (Lipinski definition) is 0. The molecule has 0 atom stereocenters. The molecule has 0 N–H and O–H groups in total. The van der Waals surface area contributed by atoms with Gasteiger partial charge in [0, 0.05) is 0 Å². The molecule has 41 valence electrons. The molecule has 0 saturated carbocycles. The van der Waals surface area contributed by atoms with Gasteiger partial charge in [0.15, 0.2) is 5.16 Å². The highest BCUT2D eigenvalue weighted by atomic mass is 16.6. The predicted octanol–water partition coefficient (Wildman–Crippen LogP) is 0.383. The van der Waals surface area contributed by atoms with E-state index in [1.165, 1.54) is 0 Å². The summed E-state index contributed by atoms with van der Waals surface area (Å²) < 4.78 is 4.06. The van der Waals surface area contributed by atoms with Gasteiger partial charge in [-0.3, -0.25) is 4.52 Å². The average Bonchev–Trinajstić information content (AvgIpc) is 2.12. The molecule has 1 aromatic heterocycles. The highest BCUT2D eigenvalue weighted by Gasteiger charge is 2.06. The third-order valence-corrected chi connectivity index (χ3v) is 0.567. The Balaban J connectivity index is 2.93. The zero-order chi connectivity index (χ0) is 5.98. The van der Waals surface area contributed by atoms with E-state index in [2.05, 4.69) is 15.9 Å². The lowest BCUT2D eigenvalue weighted by Gasteiger charge is -1.79. The van der Waals surface area contributed by atoms with E-state index in [0.717, 1.165) is 6.07 Å². The van der Waals surface area contributed by atoms with Gasteiger partial charge in [0.25, 0.3) is 0 Å². The Morgan fingerprint density at radius 1 is 2.00 bits per heavy atom. The zero-order valence-corrected chi connectivity index (χ0v) is 3.70. The fourth-order valence-corrected chi connectivity index (χ4v) is 0.265. The van der Waals surface area contributed by atoms with Crippen LogP contribution in [0.2, 0.25) is 0 Å². The molecule has 0 aliphatic carbocycles. The number of nitro groups is 1. The lowest BCUT2D eigenvalue weighted by molar-refractivity contribution is -0.390. The van der Waals surface area contributed by atoms with Gasteiger partial charge < -0.3 is 10.1 Å². The first kappa shape index (κ1) is 4.76. The van der Waals surface area contributed by atoms with E-state index < -0.39 is 4.92 Å². The summed E-state index contributed by atoms with van der Waals surface area (Å²) in [5.74, 6) is -0.315. The molecule has 1 aromatic rings. The summed E-state index contributed by atoms with van der Waals surface area (Å²) in [6, 6.07) is 1.06. The van der Waals surface area contributed by atoms with Crippen LogP contribution < -0.4 is 0 Å².